The quantitative estimate of drug-likeness (QED) is 0.703. The Balaban J connectivity index is 2.52. The fourth-order valence-electron chi connectivity index (χ4n) is 0.823. The van der Waals surface area contributed by atoms with E-state index in [1.165, 1.54) is 6.20 Å². The lowest BCUT2D eigenvalue weighted by Crippen LogP contribution is -1.98. The number of aromatic carboxylic acids is 1. The molecule has 0 aliphatic heterocycles. The normalized spacial score (nSPS) is 10.2. The standard InChI is InChI=1S/C5H3N5O2S/c11-5(12)4-3(7-9-8-4)2-1-6-10-13-2/h1H,(H,11,12)(H,7,8,9). The minimum absolute atomic E-state index is 0.119. The Kier molecular flexibility index (Phi) is 1.74. The van der Waals surface area contributed by atoms with Crippen molar-refractivity contribution in [1.29, 1.82) is 0 Å². The predicted molar refractivity (Wildman–Crippen MR) is 42.2 cm³/mol. The summed E-state index contributed by atoms with van der Waals surface area (Å²) in [5, 5.41) is 21.7. The van der Waals surface area contributed by atoms with Gasteiger partial charge in [0.05, 0.1) is 11.1 Å². The molecule has 0 saturated heterocycles. The van der Waals surface area contributed by atoms with Crippen molar-refractivity contribution in [3.05, 3.63) is 11.9 Å². The molecular weight excluding hydrogens is 194 g/mol. The number of aromatic nitrogens is 5. The predicted octanol–water partition coefficient (Wildman–Crippen LogP) is 0.0214. The summed E-state index contributed by atoms with van der Waals surface area (Å²) < 4.78 is 3.60. The third-order valence-electron chi connectivity index (χ3n) is 1.35. The second-order valence-electron chi connectivity index (χ2n) is 2.11. The molecule has 66 valence electrons. The molecule has 2 aromatic heterocycles. The molecule has 2 aromatic rings. The Morgan fingerprint density at radius 2 is 2.38 bits per heavy atom. The number of carboxylic acids is 1. The Morgan fingerprint density at radius 3 is 3.00 bits per heavy atom. The van der Waals surface area contributed by atoms with Crippen LogP contribution >= 0.6 is 11.5 Å². The van der Waals surface area contributed by atoms with Crippen LogP contribution in [0.15, 0.2) is 6.20 Å². The highest BCUT2D eigenvalue weighted by Crippen LogP contribution is 2.21. The summed E-state index contributed by atoms with van der Waals surface area (Å²) in [7, 11) is 0. The van der Waals surface area contributed by atoms with Crippen LogP contribution in [0.25, 0.3) is 10.6 Å². The number of carbonyl (C=O) groups is 1. The SMILES string of the molecule is O=C(O)c1n[nH]nc1-c1cnns1. The molecule has 0 aliphatic carbocycles. The minimum Gasteiger partial charge on any atom is -0.476 e. The molecule has 0 amide bonds. The highest BCUT2D eigenvalue weighted by molar-refractivity contribution is 7.09. The van der Waals surface area contributed by atoms with Gasteiger partial charge in [0.1, 0.15) is 5.69 Å². The topological polar surface area (TPSA) is 105 Å². The summed E-state index contributed by atoms with van der Waals surface area (Å²) in [6, 6.07) is 0. The third-order valence-corrected chi connectivity index (χ3v) is 2.02. The minimum atomic E-state index is -1.13. The first-order chi connectivity index (χ1) is 6.29. The number of nitrogens with zero attached hydrogens (tertiary/aromatic N) is 4. The molecule has 0 fully saturated rings. The van der Waals surface area contributed by atoms with E-state index in [9.17, 15) is 4.79 Å². The van der Waals surface area contributed by atoms with Gasteiger partial charge in [0.25, 0.3) is 0 Å². The lowest BCUT2D eigenvalue weighted by molar-refractivity contribution is 0.0691. The molecule has 2 rings (SSSR count). The number of hydrogen-bond donors (Lipinski definition) is 2. The van der Waals surface area contributed by atoms with Gasteiger partial charge in [-0.25, -0.2) is 4.79 Å². The maximum absolute atomic E-state index is 10.6. The summed E-state index contributed by atoms with van der Waals surface area (Å²) in [4.78, 5) is 11.2. The lowest BCUT2D eigenvalue weighted by Gasteiger charge is -1.88. The van der Waals surface area contributed by atoms with Crippen LogP contribution < -0.4 is 0 Å². The van der Waals surface area contributed by atoms with Crippen molar-refractivity contribution in [2.24, 2.45) is 0 Å². The second-order valence-corrected chi connectivity index (χ2v) is 2.89. The fraction of sp³-hybridized carbons (Fsp3) is 0. The molecule has 0 atom stereocenters. The van der Waals surface area contributed by atoms with Crippen molar-refractivity contribution in [1.82, 2.24) is 25.0 Å². The first kappa shape index (κ1) is 7.80. The third kappa shape index (κ3) is 1.26. The zero-order valence-electron chi connectivity index (χ0n) is 6.13. The van der Waals surface area contributed by atoms with Crippen LogP contribution in [0.3, 0.4) is 0 Å². The van der Waals surface area contributed by atoms with Crippen LogP contribution in [0.2, 0.25) is 0 Å². The van der Waals surface area contributed by atoms with Gasteiger partial charge in [0, 0.05) is 0 Å². The van der Waals surface area contributed by atoms with E-state index < -0.39 is 5.97 Å². The molecular formula is C5H3N5O2S. The van der Waals surface area contributed by atoms with Gasteiger partial charge >= 0.3 is 5.97 Å². The van der Waals surface area contributed by atoms with E-state index >= 15 is 0 Å². The average Bonchev–Trinajstić information content (AvgIpc) is 2.74. The van der Waals surface area contributed by atoms with Crippen molar-refractivity contribution in [2.45, 2.75) is 0 Å². The highest BCUT2D eigenvalue weighted by atomic mass is 32.1. The van der Waals surface area contributed by atoms with Crippen LogP contribution in [0.1, 0.15) is 10.5 Å². The molecule has 0 saturated carbocycles. The van der Waals surface area contributed by atoms with Gasteiger partial charge in [-0.15, -0.1) is 10.2 Å². The van der Waals surface area contributed by atoms with Crippen LogP contribution in [0.4, 0.5) is 0 Å². The number of aromatic amines is 1. The monoisotopic (exact) mass is 197 g/mol. The summed E-state index contributed by atoms with van der Waals surface area (Å²) in [5.41, 5.74) is 0.147. The van der Waals surface area contributed by atoms with Gasteiger partial charge in [-0.2, -0.15) is 10.3 Å². The maximum atomic E-state index is 10.6. The van der Waals surface area contributed by atoms with Gasteiger partial charge in [0.15, 0.2) is 5.69 Å². The summed E-state index contributed by atoms with van der Waals surface area (Å²) in [6.07, 6.45) is 1.44. The molecule has 2 N–H and O–H groups in total. The Labute approximate surface area is 75.6 Å². The molecule has 13 heavy (non-hydrogen) atoms. The number of nitrogens with one attached hydrogen (secondary N) is 1. The van der Waals surface area contributed by atoms with Crippen molar-refractivity contribution in [2.75, 3.05) is 0 Å². The summed E-state index contributed by atoms with van der Waals surface area (Å²) in [6.45, 7) is 0. The average molecular weight is 197 g/mol. The van der Waals surface area contributed by atoms with Gasteiger partial charge in [0.2, 0.25) is 0 Å². The van der Waals surface area contributed by atoms with E-state index in [1.807, 2.05) is 0 Å². The molecule has 7 nitrogen and oxygen atoms in total. The highest BCUT2D eigenvalue weighted by Gasteiger charge is 2.17. The largest absolute Gasteiger partial charge is 0.476 e. The van der Waals surface area contributed by atoms with E-state index in [-0.39, 0.29) is 11.4 Å². The van der Waals surface area contributed by atoms with Crippen molar-refractivity contribution < 1.29 is 9.90 Å². The lowest BCUT2D eigenvalue weighted by atomic mass is 10.3. The van der Waals surface area contributed by atoms with Crippen LogP contribution in [-0.4, -0.2) is 36.1 Å². The zero-order valence-corrected chi connectivity index (χ0v) is 6.95. The molecule has 0 aliphatic rings. The molecule has 0 aromatic carbocycles. The van der Waals surface area contributed by atoms with Crippen molar-refractivity contribution >= 4 is 17.5 Å². The molecule has 0 spiro atoms. The molecule has 2 heterocycles. The number of rotatable bonds is 2. The van der Waals surface area contributed by atoms with Gasteiger partial charge in [-0.05, 0) is 11.5 Å². The maximum Gasteiger partial charge on any atom is 0.358 e. The van der Waals surface area contributed by atoms with Gasteiger partial charge in [-0.3, -0.25) is 0 Å². The molecule has 0 radical (unpaired) electrons. The van der Waals surface area contributed by atoms with E-state index in [2.05, 4.69) is 25.0 Å². The number of H-pyrrole nitrogens is 1. The van der Waals surface area contributed by atoms with E-state index in [1.54, 1.807) is 0 Å². The Morgan fingerprint density at radius 1 is 1.54 bits per heavy atom. The summed E-state index contributed by atoms with van der Waals surface area (Å²) in [5.74, 6) is -1.13. The Hall–Kier alpha value is -1.83. The van der Waals surface area contributed by atoms with Crippen molar-refractivity contribution in [3.8, 4) is 10.6 Å². The first-order valence-electron chi connectivity index (χ1n) is 3.21. The van der Waals surface area contributed by atoms with Gasteiger partial charge < -0.3 is 5.11 Å². The molecule has 8 heteroatoms. The van der Waals surface area contributed by atoms with E-state index in [0.29, 0.717) is 4.88 Å². The fourth-order valence-corrected chi connectivity index (χ4v) is 1.33. The molecule has 0 unspecified atom stereocenters. The van der Waals surface area contributed by atoms with Gasteiger partial charge in [-0.1, -0.05) is 4.49 Å². The second kappa shape index (κ2) is 2.90. The molecule has 0 bridgehead atoms. The van der Waals surface area contributed by atoms with E-state index in [4.69, 9.17) is 5.11 Å². The van der Waals surface area contributed by atoms with Crippen molar-refractivity contribution in [3.63, 3.8) is 0 Å². The Bertz CT molecular complexity index is 422. The van der Waals surface area contributed by atoms with Crippen LogP contribution in [0.5, 0.6) is 0 Å². The summed E-state index contributed by atoms with van der Waals surface area (Å²) >= 11 is 1.07. The number of hydrogen-bond acceptors (Lipinski definition) is 6. The number of carboxylic acid groups (broad SMARTS) is 1. The van der Waals surface area contributed by atoms with Crippen LogP contribution in [0, 0.1) is 0 Å². The van der Waals surface area contributed by atoms with E-state index in [0.717, 1.165) is 11.5 Å². The smallest absolute Gasteiger partial charge is 0.358 e. The van der Waals surface area contributed by atoms with Crippen LogP contribution in [-0.2, 0) is 0 Å². The first-order valence-corrected chi connectivity index (χ1v) is 3.98. The zero-order chi connectivity index (χ0) is 9.26.